The van der Waals surface area contributed by atoms with Crippen molar-refractivity contribution in [1.82, 2.24) is 9.55 Å². The first-order chi connectivity index (χ1) is 8.57. The van der Waals surface area contributed by atoms with E-state index >= 15 is 0 Å². The summed E-state index contributed by atoms with van der Waals surface area (Å²) in [4.78, 5) is 21.9. The molecule has 0 aliphatic rings. The van der Waals surface area contributed by atoms with E-state index in [0.717, 1.165) is 6.04 Å². The highest BCUT2D eigenvalue weighted by atomic mass is 31.2. The van der Waals surface area contributed by atoms with Gasteiger partial charge in [-0.3, -0.25) is 4.57 Å². The molecule has 6 nitrogen and oxygen atoms in total. The van der Waals surface area contributed by atoms with Crippen LogP contribution in [0.4, 0.5) is 0 Å². The maximum Gasteiger partial charge on any atom is 0.331 e. The van der Waals surface area contributed by atoms with Crippen molar-refractivity contribution in [2.75, 3.05) is 6.61 Å². The monoisotopic (exact) mass is 306 g/mol. The first-order valence-electron chi connectivity index (χ1n) is 6.22. The molecule has 0 atom stereocenters. The number of imidazole rings is 1. The highest BCUT2D eigenvalue weighted by Crippen LogP contribution is 2.38. The van der Waals surface area contributed by atoms with E-state index in [4.69, 9.17) is 14.5 Å². The summed E-state index contributed by atoms with van der Waals surface area (Å²) in [7, 11) is -5.15. The number of aromatic nitrogens is 2. The van der Waals surface area contributed by atoms with Gasteiger partial charge in [0.25, 0.3) is 0 Å². The van der Waals surface area contributed by atoms with E-state index in [2.05, 4.69) is 24.6 Å². The molecule has 0 saturated carbocycles. The van der Waals surface area contributed by atoms with Crippen molar-refractivity contribution in [1.29, 1.82) is 0 Å². The predicted molar refractivity (Wildman–Crippen MR) is 76.8 cm³/mol. The Morgan fingerprint density at radius 3 is 2.58 bits per heavy atom. The van der Waals surface area contributed by atoms with E-state index in [-0.39, 0.29) is 6.16 Å². The van der Waals surface area contributed by atoms with Crippen molar-refractivity contribution in [2.24, 2.45) is 0 Å². The number of aryl methyl sites for hydroxylation is 1. The zero-order valence-corrected chi connectivity index (χ0v) is 13.9. The molecule has 19 heavy (non-hydrogen) atoms. The molecule has 0 aliphatic heterocycles. The second kappa shape index (κ2) is 6.32. The molecule has 0 bridgehead atoms. The third-order valence-electron chi connectivity index (χ3n) is 2.62. The van der Waals surface area contributed by atoms with E-state index < -0.39 is 15.7 Å². The molecule has 0 saturated heterocycles. The van der Waals surface area contributed by atoms with Crippen LogP contribution in [0.1, 0.15) is 11.5 Å². The van der Waals surface area contributed by atoms with Gasteiger partial charge in [-0.25, -0.2) is 4.98 Å². The molecule has 2 N–H and O–H groups in total. The first kappa shape index (κ1) is 16.6. The molecule has 1 heterocycles. The fourth-order valence-corrected chi connectivity index (χ4v) is 2.86. The van der Waals surface area contributed by atoms with Crippen LogP contribution in [0.2, 0.25) is 25.7 Å². The largest absolute Gasteiger partial charge is 0.361 e. The smallest absolute Gasteiger partial charge is 0.331 e. The van der Waals surface area contributed by atoms with Gasteiger partial charge in [0.15, 0.2) is 0 Å². The van der Waals surface area contributed by atoms with Crippen LogP contribution in [-0.2, 0) is 22.2 Å². The van der Waals surface area contributed by atoms with Crippen LogP contribution in [0.5, 0.6) is 0 Å². The maximum absolute atomic E-state index is 10.9. The lowest BCUT2D eigenvalue weighted by atomic mass is 10.6. The van der Waals surface area contributed by atoms with Gasteiger partial charge in [0, 0.05) is 20.9 Å². The third kappa shape index (κ3) is 7.03. The van der Waals surface area contributed by atoms with E-state index in [1.807, 2.05) is 0 Å². The van der Waals surface area contributed by atoms with Crippen LogP contribution < -0.4 is 0 Å². The first-order valence-corrected chi connectivity index (χ1v) is 11.7. The Labute approximate surface area is 115 Å². The van der Waals surface area contributed by atoms with Crippen molar-refractivity contribution < 1.29 is 19.1 Å². The Morgan fingerprint density at radius 2 is 2.05 bits per heavy atom. The minimum absolute atomic E-state index is 0.324. The summed E-state index contributed by atoms with van der Waals surface area (Å²) in [5.41, 5.74) is 0.402. The van der Waals surface area contributed by atoms with Crippen molar-refractivity contribution in [3.05, 3.63) is 17.7 Å². The molecule has 1 rings (SSSR count). The van der Waals surface area contributed by atoms with Crippen LogP contribution in [0.3, 0.4) is 0 Å². The van der Waals surface area contributed by atoms with Crippen LogP contribution in [0.25, 0.3) is 0 Å². The number of ether oxygens (including phenoxy) is 1. The third-order valence-corrected chi connectivity index (χ3v) is 5.06. The van der Waals surface area contributed by atoms with Crippen molar-refractivity contribution in [3.8, 4) is 0 Å². The van der Waals surface area contributed by atoms with Crippen LogP contribution in [0, 0.1) is 6.92 Å². The topological polar surface area (TPSA) is 84.6 Å². The number of hydrogen-bond acceptors (Lipinski definition) is 3. The Bertz CT molecular complexity index is 464. The molecular weight excluding hydrogens is 283 g/mol. The van der Waals surface area contributed by atoms with Crippen molar-refractivity contribution in [3.63, 3.8) is 0 Å². The van der Waals surface area contributed by atoms with Gasteiger partial charge in [0.1, 0.15) is 12.6 Å². The normalized spacial score (nSPS) is 12.9. The van der Waals surface area contributed by atoms with Crippen molar-refractivity contribution >= 4 is 15.7 Å². The Morgan fingerprint density at radius 1 is 1.42 bits per heavy atom. The minimum atomic E-state index is -4.06. The van der Waals surface area contributed by atoms with Crippen LogP contribution in [-0.4, -0.2) is 34.0 Å². The standard InChI is InChI=1S/C11H23N2O4PSi/c1-10-12-11(8-18(14,15)16)7-13(10)9-17-5-6-19(2,3)4/h7H,5-6,8-9H2,1-4H3,(H2,14,15,16). The second-order valence-corrected chi connectivity index (χ2v) is 13.2. The average molecular weight is 306 g/mol. The lowest BCUT2D eigenvalue weighted by Gasteiger charge is -2.15. The summed E-state index contributed by atoms with van der Waals surface area (Å²) in [6, 6.07) is 1.09. The summed E-state index contributed by atoms with van der Waals surface area (Å²) in [5.74, 6) is 0.705. The van der Waals surface area contributed by atoms with E-state index in [0.29, 0.717) is 24.9 Å². The predicted octanol–water partition coefficient (Wildman–Crippen LogP) is 2.18. The molecule has 110 valence electrons. The minimum Gasteiger partial charge on any atom is -0.361 e. The van der Waals surface area contributed by atoms with Crippen molar-refractivity contribution in [2.45, 2.75) is 45.5 Å². The van der Waals surface area contributed by atoms with E-state index in [1.54, 1.807) is 17.7 Å². The highest BCUT2D eigenvalue weighted by molar-refractivity contribution is 7.50. The van der Waals surface area contributed by atoms with Gasteiger partial charge in [-0.2, -0.15) is 0 Å². The Hall–Kier alpha value is -0.463. The summed E-state index contributed by atoms with van der Waals surface area (Å²) in [6.07, 6.45) is 1.32. The van der Waals surface area contributed by atoms with Crippen LogP contribution in [0.15, 0.2) is 6.20 Å². The van der Waals surface area contributed by atoms with Crippen LogP contribution >= 0.6 is 7.60 Å². The van der Waals surface area contributed by atoms with Gasteiger partial charge >= 0.3 is 7.60 Å². The number of nitrogens with zero attached hydrogens (tertiary/aromatic N) is 2. The molecule has 0 amide bonds. The molecule has 1 aromatic rings. The highest BCUT2D eigenvalue weighted by Gasteiger charge is 2.17. The SMILES string of the molecule is Cc1nc(CP(=O)(O)O)cn1COCC[Si](C)(C)C. The maximum atomic E-state index is 10.9. The molecule has 8 heteroatoms. The summed E-state index contributed by atoms with van der Waals surface area (Å²) >= 11 is 0. The zero-order chi connectivity index (χ0) is 14.7. The Kier molecular flexibility index (Phi) is 5.52. The molecule has 0 aliphatic carbocycles. The number of rotatable bonds is 7. The molecular formula is C11H23N2O4PSi. The molecule has 0 fully saturated rings. The van der Waals surface area contributed by atoms with E-state index in [9.17, 15) is 4.57 Å². The fraction of sp³-hybridized carbons (Fsp3) is 0.727. The van der Waals surface area contributed by atoms with Gasteiger partial charge in [0.2, 0.25) is 0 Å². The summed E-state index contributed by atoms with van der Waals surface area (Å²) in [6.45, 7) is 9.75. The quantitative estimate of drug-likeness (QED) is 0.458. The van der Waals surface area contributed by atoms with Gasteiger partial charge < -0.3 is 19.1 Å². The second-order valence-electron chi connectivity index (χ2n) is 5.92. The molecule has 0 spiro atoms. The molecule has 0 radical (unpaired) electrons. The average Bonchev–Trinajstić information content (AvgIpc) is 2.49. The molecule has 1 aromatic heterocycles. The molecule has 0 unspecified atom stereocenters. The molecule has 0 aromatic carbocycles. The lowest BCUT2D eigenvalue weighted by molar-refractivity contribution is 0.0857. The zero-order valence-electron chi connectivity index (χ0n) is 12.0. The fourth-order valence-electron chi connectivity index (χ4n) is 1.53. The Balaban J connectivity index is 2.49. The van der Waals surface area contributed by atoms with Gasteiger partial charge in [-0.1, -0.05) is 19.6 Å². The van der Waals surface area contributed by atoms with Gasteiger partial charge in [-0.15, -0.1) is 0 Å². The number of hydrogen-bond donors (Lipinski definition) is 2. The van der Waals surface area contributed by atoms with Gasteiger partial charge in [-0.05, 0) is 13.0 Å². The lowest BCUT2D eigenvalue weighted by Crippen LogP contribution is -2.22. The van der Waals surface area contributed by atoms with Gasteiger partial charge in [0.05, 0.1) is 11.9 Å². The van der Waals surface area contributed by atoms with E-state index in [1.165, 1.54) is 0 Å². The summed E-state index contributed by atoms with van der Waals surface area (Å²) < 4.78 is 18.3. The summed E-state index contributed by atoms with van der Waals surface area (Å²) in [5, 5.41) is 0.